The summed E-state index contributed by atoms with van der Waals surface area (Å²) < 4.78 is 26.1. The second kappa shape index (κ2) is 5.87. The minimum atomic E-state index is -1.32. The largest absolute Gasteiger partial charge is 0.481 e. The molecule has 4 N–H and O–H groups in total. The van der Waals surface area contributed by atoms with Crippen molar-refractivity contribution in [2.45, 2.75) is 12.5 Å². The van der Waals surface area contributed by atoms with Crippen molar-refractivity contribution in [3.63, 3.8) is 0 Å². The molecule has 1 amide bonds. The van der Waals surface area contributed by atoms with Crippen molar-refractivity contribution in [1.82, 2.24) is 0 Å². The molecule has 0 aliphatic rings. The van der Waals surface area contributed by atoms with Crippen LogP contribution in [0, 0.1) is 11.6 Å². The lowest BCUT2D eigenvalue weighted by molar-refractivity contribution is -0.138. The molecule has 98 valence electrons. The number of nitrogens with one attached hydrogen (secondary N) is 1. The molecule has 0 aromatic heterocycles. The first kappa shape index (κ1) is 14.5. The maximum absolute atomic E-state index is 13.4. The smallest absolute Gasteiger partial charge is 0.305 e. The summed E-state index contributed by atoms with van der Waals surface area (Å²) in [7, 11) is 0. The number of anilines is 1. The van der Waals surface area contributed by atoms with E-state index in [1.165, 1.54) is 0 Å². The first-order chi connectivity index (χ1) is 8.31. The van der Waals surface area contributed by atoms with Gasteiger partial charge in [0, 0.05) is 10.5 Å². The fraction of sp³-hybridized carbons (Fsp3) is 0.200. The van der Waals surface area contributed by atoms with Crippen molar-refractivity contribution < 1.29 is 23.5 Å². The van der Waals surface area contributed by atoms with Crippen molar-refractivity contribution in [2.75, 3.05) is 5.32 Å². The lowest BCUT2D eigenvalue weighted by Gasteiger charge is -2.12. The van der Waals surface area contributed by atoms with Crippen LogP contribution in [-0.2, 0) is 9.59 Å². The highest BCUT2D eigenvalue weighted by atomic mass is 79.9. The third kappa shape index (κ3) is 3.74. The van der Waals surface area contributed by atoms with Crippen LogP contribution in [0.3, 0.4) is 0 Å². The van der Waals surface area contributed by atoms with Crippen molar-refractivity contribution in [3.8, 4) is 0 Å². The first-order valence-corrected chi connectivity index (χ1v) is 5.53. The zero-order valence-electron chi connectivity index (χ0n) is 8.91. The molecule has 1 aromatic carbocycles. The highest BCUT2D eigenvalue weighted by molar-refractivity contribution is 9.10. The molecule has 0 bridgehead atoms. The topological polar surface area (TPSA) is 92.4 Å². The molecule has 0 saturated heterocycles. The fourth-order valence-corrected chi connectivity index (χ4v) is 1.67. The molecule has 1 rings (SSSR count). The summed E-state index contributed by atoms with van der Waals surface area (Å²) >= 11 is 2.87. The van der Waals surface area contributed by atoms with Gasteiger partial charge in [-0.15, -0.1) is 0 Å². The summed E-state index contributed by atoms with van der Waals surface area (Å²) in [5.74, 6) is -3.93. The monoisotopic (exact) mass is 322 g/mol. The maximum Gasteiger partial charge on any atom is 0.305 e. The van der Waals surface area contributed by atoms with Gasteiger partial charge in [0.15, 0.2) is 5.82 Å². The number of benzene rings is 1. The Bertz CT molecular complexity index is 473. The number of carbonyl (C=O) groups is 2. The number of amides is 1. The number of aliphatic carboxylic acids is 1. The van der Waals surface area contributed by atoms with Crippen molar-refractivity contribution in [1.29, 1.82) is 0 Å². The highest BCUT2D eigenvalue weighted by Crippen LogP contribution is 2.26. The minimum absolute atomic E-state index is 0.00382. The number of carboxylic acids is 1. The summed E-state index contributed by atoms with van der Waals surface area (Å²) in [6, 6.07) is 0.226. The van der Waals surface area contributed by atoms with Crippen LogP contribution in [-0.4, -0.2) is 23.0 Å². The van der Waals surface area contributed by atoms with Crippen molar-refractivity contribution in [3.05, 3.63) is 28.2 Å². The Labute approximate surface area is 109 Å². The van der Waals surface area contributed by atoms with E-state index in [-0.39, 0.29) is 10.2 Å². The second-order valence-electron chi connectivity index (χ2n) is 3.44. The van der Waals surface area contributed by atoms with Crippen LogP contribution in [0.2, 0.25) is 0 Å². The van der Waals surface area contributed by atoms with Gasteiger partial charge in [-0.25, -0.2) is 8.78 Å². The van der Waals surface area contributed by atoms with Crippen LogP contribution in [0.4, 0.5) is 14.5 Å². The average molecular weight is 323 g/mol. The van der Waals surface area contributed by atoms with Crippen LogP contribution in [0.15, 0.2) is 16.6 Å². The molecule has 0 saturated carbocycles. The van der Waals surface area contributed by atoms with Crippen LogP contribution in [0.5, 0.6) is 0 Å². The SMILES string of the molecule is NC(CC(=O)O)C(=O)Nc1c(F)cc(F)cc1Br. The predicted octanol–water partition coefficient (Wildman–Crippen LogP) is 1.47. The summed E-state index contributed by atoms with van der Waals surface area (Å²) in [5, 5.41) is 10.5. The van der Waals surface area contributed by atoms with Gasteiger partial charge in [0.2, 0.25) is 5.91 Å². The molecule has 1 aromatic rings. The van der Waals surface area contributed by atoms with Gasteiger partial charge in [-0.2, -0.15) is 0 Å². The van der Waals surface area contributed by atoms with E-state index in [2.05, 4.69) is 21.2 Å². The Kier molecular flexibility index (Phi) is 4.74. The number of halogens is 3. The lowest BCUT2D eigenvalue weighted by Crippen LogP contribution is -2.37. The van der Waals surface area contributed by atoms with E-state index in [4.69, 9.17) is 10.8 Å². The zero-order chi connectivity index (χ0) is 13.9. The molecule has 0 fully saturated rings. The third-order valence-electron chi connectivity index (χ3n) is 1.99. The van der Waals surface area contributed by atoms with Gasteiger partial charge in [-0.05, 0) is 22.0 Å². The summed E-state index contributed by atoms with van der Waals surface area (Å²) in [6.45, 7) is 0. The van der Waals surface area contributed by atoms with Crippen LogP contribution in [0.1, 0.15) is 6.42 Å². The van der Waals surface area contributed by atoms with E-state index in [1.807, 2.05) is 0 Å². The minimum Gasteiger partial charge on any atom is -0.481 e. The highest BCUT2D eigenvalue weighted by Gasteiger charge is 2.20. The molecule has 0 spiro atoms. The van der Waals surface area contributed by atoms with Gasteiger partial charge >= 0.3 is 5.97 Å². The molecular formula is C10H9BrF2N2O3. The summed E-state index contributed by atoms with van der Waals surface area (Å²) in [4.78, 5) is 21.8. The molecule has 8 heteroatoms. The van der Waals surface area contributed by atoms with E-state index >= 15 is 0 Å². The first-order valence-electron chi connectivity index (χ1n) is 4.74. The Morgan fingerprint density at radius 3 is 2.56 bits per heavy atom. The van der Waals surface area contributed by atoms with Gasteiger partial charge in [0.05, 0.1) is 18.2 Å². The van der Waals surface area contributed by atoms with Crippen LogP contribution in [0.25, 0.3) is 0 Å². The third-order valence-corrected chi connectivity index (χ3v) is 2.61. The average Bonchev–Trinajstić information content (AvgIpc) is 2.21. The Hall–Kier alpha value is -1.54. The summed E-state index contributed by atoms with van der Waals surface area (Å²) in [6.07, 6.45) is -0.591. The molecule has 0 aliphatic carbocycles. The predicted molar refractivity (Wildman–Crippen MR) is 62.9 cm³/mol. The Morgan fingerprint density at radius 1 is 1.44 bits per heavy atom. The zero-order valence-corrected chi connectivity index (χ0v) is 10.5. The Morgan fingerprint density at radius 2 is 2.06 bits per heavy atom. The van der Waals surface area contributed by atoms with Crippen LogP contribution >= 0.6 is 15.9 Å². The second-order valence-corrected chi connectivity index (χ2v) is 4.29. The van der Waals surface area contributed by atoms with Crippen molar-refractivity contribution >= 4 is 33.5 Å². The molecule has 1 unspecified atom stereocenters. The Balaban J connectivity index is 2.85. The molecular weight excluding hydrogens is 314 g/mol. The summed E-state index contributed by atoms with van der Waals surface area (Å²) in [5.41, 5.74) is 5.00. The number of nitrogens with two attached hydrogens (primary N) is 1. The molecule has 0 heterocycles. The van der Waals surface area contributed by atoms with Gasteiger partial charge in [0.1, 0.15) is 5.82 Å². The molecule has 5 nitrogen and oxygen atoms in total. The van der Waals surface area contributed by atoms with Crippen LogP contribution < -0.4 is 11.1 Å². The van der Waals surface area contributed by atoms with E-state index < -0.39 is 36.0 Å². The van der Waals surface area contributed by atoms with E-state index in [0.717, 1.165) is 6.07 Å². The van der Waals surface area contributed by atoms with Gasteiger partial charge in [-0.3, -0.25) is 9.59 Å². The number of carbonyl (C=O) groups excluding carboxylic acids is 1. The molecule has 18 heavy (non-hydrogen) atoms. The number of hydrogen-bond acceptors (Lipinski definition) is 3. The fourth-order valence-electron chi connectivity index (χ4n) is 1.16. The van der Waals surface area contributed by atoms with Gasteiger partial charge in [0.25, 0.3) is 0 Å². The molecule has 0 aliphatic heterocycles. The van der Waals surface area contributed by atoms with E-state index in [0.29, 0.717) is 6.07 Å². The molecule has 1 atom stereocenters. The normalized spacial score (nSPS) is 12.0. The standard InChI is InChI=1S/C10H9BrF2N2O3/c11-5-1-4(12)2-6(13)9(5)15-10(18)7(14)3-8(16)17/h1-2,7H,3,14H2,(H,15,18)(H,16,17). The molecule has 0 radical (unpaired) electrons. The van der Waals surface area contributed by atoms with Gasteiger partial charge < -0.3 is 16.2 Å². The number of hydrogen-bond donors (Lipinski definition) is 3. The van der Waals surface area contributed by atoms with Crippen molar-refractivity contribution in [2.24, 2.45) is 5.73 Å². The van der Waals surface area contributed by atoms with Gasteiger partial charge in [-0.1, -0.05) is 0 Å². The maximum atomic E-state index is 13.4. The lowest BCUT2D eigenvalue weighted by atomic mass is 10.2. The van der Waals surface area contributed by atoms with E-state index in [1.54, 1.807) is 0 Å². The number of carboxylic acid groups (broad SMARTS) is 1. The quantitative estimate of drug-likeness (QED) is 0.782. The number of rotatable bonds is 4. The van der Waals surface area contributed by atoms with E-state index in [9.17, 15) is 18.4 Å².